The number of nitrogens with zero attached hydrogens (tertiary/aromatic N) is 2. The van der Waals surface area contributed by atoms with Crippen LogP contribution < -0.4 is 10.5 Å². The maximum Gasteiger partial charge on any atom is 0.137 e. The smallest absolute Gasteiger partial charge is 0.137 e. The van der Waals surface area contributed by atoms with Crippen molar-refractivity contribution >= 4 is 5.69 Å². The number of aromatic nitrogens is 1. The van der Waals surface area contributed by atoms with Gasteiger partial charge in [0.1, 0.15) is 18.4 Å². The molecule has 0 fully saturated rings. The van der Waals surface area contributed by atoms with Crippen LogP contribution in [0.3, 0.4) is 0 Å². The number of nitrogen functional groups attached to an aromatic ring is 1. The van der Waals surface area contributed by atoms with E-state index in [4.69, 9.17) is 15.7 Å². The van der Waals surface area contributed by atoms with E-state index in [1.165, 1.54) is 0 Å². The van der Waals surface area contributed by atoms with Crippen LogP contribution >= 0.6 is 0 Å². The van der Waals surface area contributed by atoms with Crippen molar-refractivity contribution in [3.05, 3.63) is 53.3 Å². The van der Waals surface area contributed by atoms with Gasteiger partial charge in [0.25, 0.3) is 0 Å². The van der Waals surface area contributed by atoms with Crippen LogP contribution in [-0.4, -0.2) is 4.98 Å². The Kier molecular flexibility index (Phi) is 3.44. The summed E-state index contributed by atoms with van der Waals surface area (Å²) in [7, 11) is 0. The van der Waals surface area contributed by atoms with Gasteiger partial charge in [0.15, 0.2) is 0 Å². The Balaban J connectivity index is 2.16. The average molecular weight is 239 g/mol. The van der Waals surface area contributed by atoms with Gasteiger partial charge in [-0.2, -0.15) is 5.26 Å². The topological polar surface area (TPSA) is 71.9 Å². The Morgan fingerprint density at radius 2 is 2.22 bits per heavy atom. The third kappa shape index (κ3) is 2.58. The van der Waals surface area contributed by atoms with E-state index in [0.717, 1.165) is 11.3 Å². The van der Waals surface area contributed by atoms with Crippen LogP contribution in [0.4, 0.5) is 5.69 Å². The van der Waals surface area contributed by atoms with Crippen molar-refractivity contribution in [2.75, 3.05) is 5.73 Å². The second-order valence-electron chi connectivity index (χ2n) is 3.92. The van der Waals surface area contributed by atoms with Crippen molar-refractivity contribution in [1.82, 2.24) is 4.98 Å². The molecule has 2 aromatic rings. The molecule has 0 atom stereocenters. The summed E-state index contributed by atoms with van der Waals surface area (Å²) in [6, 6.07) is 10.9. The van der Waals surface area contributed by atoms with Gasteiger partial charge in [-0.25, -0.2) is 0 Å². The summed E-state index contributed by atoms with van der Waals surface area (Å²) in [5.74, 6) is 0.525. The highest BCUT2D eigenvalue weighted by Crippen LogP contribution is 2.21. The molecular weight excluding hydrogens is 226 g/mol. The van der Waals surface area contributed by atoms with Gasteiger partial charge in [0.2, 0.25) is 0 Å². The van der Waals surface area contributed by atoms with Crippen molar-refractivity contribution in [2.24, 2.45) is 0 Å². The third-order valence-corrected chi connectivity index (χ3v) is 2.61. The highest BCUT2D eigenvalue weighted by atomic mass is 16.5. The Bertz CT molecular complexity index is 602. The number of aryl methyl sites for hydroxylation is 1. The fraction of sp³-hybridized carbons (Fsp3) is 0.143. The predicted octanol–water partition coefficient (Wildman–Crippen LogP) is 2.42. The number of hydrogen-bond acceptors (Lipinski definition) is 4. The second kappa shape index (κ2) is 5.19. The van der Waals surface area contributed by atoms with Crippen LogP contribution in [0, 0.1) is 18.3 Å². The molecule has 4 nitrogen and oxygen atoms in total. The molecule has 2 N–H and O–H groups in total. The molecule has 1 aromatic carbocycles. The molecule has 0 saturated heterocycles. The number of nitrogens with two attached hydrogens (primary N) is 1. The van der Waals surface area contributed by atoms with Crippen LogP contribution in [-0.2, 0) is 6.61 Å². The minimum atomic E-state index is 0.339. The largest absolute Gasteiger partial charge is 0.486 e. The molecule has 1 heterocycles. The molecule has 18 heavy (non-hydrogen) atoms. The average Bonchev–Trinajstić information content (AvgIpc) is 2.39. The zero-order valence-electron chi connectivity index (χ0n) is 10.1. The highest BCUT2D eigenvalue weighted by Gasteiger charge is 2.05. The number of ether oxygens (including phenoxy) is 1. The Labute approximate surface area is 106 Å². The third-order valence-electron chi connectivity index (χ3n) is 2.61. The molecule has 0 saturated carbocycles. The van der Waals surface area contributed by atoms with E-state index in [0.29, 0.717) is 23.6 Å². The molecule has 0 unspecified atom stereocenters. The van der Waals surface area contributed by atoms with Gasteiger partial charge in [-0.3, -0.25) is 4.98 Å². The number of hydrogen-bond donors (Lipinski definition) is 1. The first kappa shape index (κ1) is 11.9. The van der Waals surface area contributed by atoms with Crippen LogP contribution in [0.2, 0.25) is 0 Å². The number of nitriles is 1. The second-order valence-corrected chi connectivity index (χ2v) is 3.92. The van der Waals surface area contributed by atoms with E-state index >= 15 is 0 Å². The maximum absolute atomic E-state index is 8.99. The van der Waals surface area contributed by atoms with Crippen molar-refractivity contribution in [3.8, 4) is 11.8 Å². The molecule has 2 rings (SSSR count). The lowest BCUT2D eigenvalue weighted by molar-refractivity contribution is 0.299. The number of benzene rings is 1. The molecule has 0 aliphatic heterocycles. The molecule has 90 valence electrons. The SMILES string of the molecule is Cc1cccnc1COc1ccc(N)cc1C#N. The van der Waals surface area contributed by atoms with Crippen molar-refractivity contribution in [3.63, 3.8) is 0 Å². The van der Waals surface area contributed by atoms with Gasteiger partial charge < -0.3 is 10.5 Å². The van der Waals surface area contributed by atoms with Crippen molar-refractivity contribution in [2.45, 2.75) is 13.5 Å². The van der Waals surface area contributed by atoms with Gasteiger partial charge in [-0.15, -0.1) is 0 Å². The van der Waals surface area contributed by atoms with Crippen molar-refractivity contribution in [1.29, 1.82) is 5.26 Å². The number of pyridine rings is 1. The maximum atomic E-state index is 8.99. The summed E-state index contributed by atoms with van der Waals surface area (Å²) in [6.45, 7) is 2.31. The standard InChI is InChI=1S/C14H13N3O/c1-10-3-2-6-17-13(10)9-18-14-5-4-12(16)7-11(14)8-15/h2-7H,9,16H2,1H3. The Morgan fingerprint density at radius 1 is 1.39 bits per heavy atom. The van der Waals surface area contributed by atoms with Crippen molar-refractivity contribution < 1.29 is 4.74 Å². The lowest BCUT2D eigenvalue weighted by atomic mass is 10.2. The van der Waals surface area contributed by atoms with E-state index in [-0.39, 0.29) is 0 Å². The summed E-state index contributed by atoms with van der Waals surface area (Å²) in [4.78, 5) is 4.23. The minimum Gasteiger partial charge on any atom is -0.486 e. The molecule has 0 aliphatic rings. The monoisotopic (exact) mass is 239 g/mol. The van der Waals surface area contributed by atoms with Gasteiger partial charge in [0.05, 0.1) is 11.3 Å². The van der Waals surface area contributed by atoms with Crippen LogP contribution in [0.1, 0.15) is 16.8 Å². The molecule has 0 aliphatic carbocycles. The fourth-order valence-electron chi connectivity index (χ4n) is 1.58. The first-order valence-corrected chi connectivity index (χ1v) is 5.53. The summed E-state index contributed by atoms with van der Waals surface area (Å²) in [6.07, 6.45) is 1.72. The summed E-state index contributed by atoms with van der Waals surface area (Å²) < 4.78 is 5.61. The fourth-order valence-corrected chi connectivity index (χ4v) is 1.58. The molecule has 4 heteroatoms. The first-order chi connectivity index (χ1) is 8.70. The number of anilines is 1. The number of rotatable bonds is 3. The Morgan fingerprint density at radius 3 is 2.94 bits per heavy atom. The zero-order valence-corrected chi connectivity index (χ0v) is 10.1. The quantitative estimate of drug-likeness (QED) is 0.835. The van der Waals surface area contributed by atoms with Gasteiger partial charge in [-0.1, -0.05) is 6.07 Å². The Hall–Kier alpha value is -2.54. The highest BCUT2D eigenvalue weighted by molar-refractivity contribution is 5.53. The van der Waals surface area contributed by atoms with E-state index < -0.39 is 0 Å². The molecule has 0 spiro atoms. The van der Waals surface area contributed by atoms with Gasteiger partial charge in [-0.05, 0) is 36.8 Å². The van der Waals surface area contributed by atoms with E-state index in [1.807, 2.05) is 19.1 Å². The molecule has 0 radical (unpaired) electrons. The summed E-state index contributed by atoms with van der Waals surface area (Å²) in [5, 5.41) is 8.99. The zero-order chi connectivity index (χ0) is 13.0. The lowest BCUT2D eigenvalue weighted by Gasteiger charge is -2.09. The lowest BCUT2D eigenvalue weighted by Crippen LogP contribution is -2.02. The van der Waals surface area contributed by atoms with Crippen LogP contribution in [0.25, 0.3) is 0 Å². The normalized spacial score (nSPS) is 9.78. The van der Waals surface area contributed by atoms with E-state index in [9.17, 15) is 0 Å². The molecule has 0 amide bonds. The molecular formula is C14H13N3O. The van der Waals surface area contributed by atoms with Crippen LogP contribution in [0.15, 0.2) is 36.5 Å². The van der Waals surface area contributed by atoms with Gasteiger partial charge >= 0.3 is 0 Å². The molecule has 0 bridgehead atoms. The summed E-state index contributed by atoms with van der Waals surface area (Å²) in [5.41, 5.74) is 8.52. The minimum absolute atomic E-state index is 0.339. The first-order valence-electron chi connectivity index (χ1n) is 5.53. The van der Waals surface area contributed by atoms with Gasteiger partial charge in [0, 0.05) is 11.9 Å². The summed E-state index contributed by atoms with van der Waals surface area (Å²) >= 11 is 0. The van der Waals surface area contributed by atoms with E-state index in [2.05, 4.69) is 11.1 Å². The predicted molar refractivity (Wildman–Crippen MR) is 68.9 cm³/mol. The van der Waals surface area contributed by atoms with Crippen LogP contribution in [0.5, 0.6) is 5.75 Å². The van der Waals surface area contributed by atoms with E-state index in [1.54, 1.807) is 24.4 Å². The molecule has 1 aromatic heterocycles.